The van der Waals surface area contributed by atoms with Gasteiger partial charge in [0.1, 0.15) is 11.4 Å². The first-order valence-electron chi connectivity index (χ1n) is 7.31. The lowest BCUT2D eigenvalue weighted by atomic mass is 10.2. The van der Waals surface area contributed by atoms with Gasteiger partial charge in [0.05, 0.1) is 6.20 Å². The van der Waals surface area contributed by atoms with Crippen LogP contribution in [0.2, 0.25) is 5.02 Å². The summed E-state index contributed by atoms with van der Waals surface area (Å²) in [5.41, 5.74) is 1.38. The van der Waals surface area contributed by atoms with E-state index in [1.54, 1.807) is 6.20 Å². The van der Waals surface area contributed by atoms with Crippen LogP contribution in [0.3, 0.4) is 0 Å². The summed E-state index contributed by atoms with van der Waals surface area (Å²) >= 11 is 5.95. The molecule has 2 rings (SSSR count). The van der Waals surface area contributed by atoms with Gasteiger partial charge in [0, 0.05) is 23.7 Å². The fourth-order valence-corrected chi connectivity index (χ4v) is 2.16. The van der Waals surface area contributed by atoms with Gasteiger partial charge in [-0.25, -0.2) is 4.79 Å². The minimum absolute atomic E-state index is 0.516. The number of rotatable bonds is 5. The Morgan fingerprint density at radius 1 is 1.35 bits per heavy atom. The molecule has 0 unspecified atom stereocenters. The summed E-state index contributed by atoms with van der Waals surface area (Å²) in [6.07, 6.45) is 1.15. The summed E-state index contributed by atoms with van der Waals surface area (Å²) in [5, 5.41) is 13.4. The van der Waals surface area contributed by atoms with Crippen LogP contribution in [0.4, 0.5) is 10.6 Å². The normalized spacial score (nSPS) is 11.3. The predicted molar refractivity (Wildman–Crippen MR) is 90.4 cm³/mol. The highest BCUT2D eigenvalue weighted by molar-refractivity contribution is 6.30. The van der Waals surface area contributed by atoms with Crippen LogP contribution in [0.1, 0.15) is 31.9 Å². The molecule has 0 aliphatic carbocycles. The Labute approximate surface area is 140 Å². The van der Waals surface area contributed by atoms with Crippen molar-refractivity contribution in [2.75, 3.05) is 5.32 Å². The number of halogens is 1. The summed E-state index contributed by atoms with van der Waals surface area (Å²) in [6.45, 7) is 6.65. The number of hydrogen-bond donors (Lipinski definition) is 3. The van der Waals surface area contributed by atoms with Gasteiger partial charge in [-0.2, -0.15) is 5.10 Å². The van der Waals surface area contributed by atoms with Crippen molar-refractivity contribution >= 4 is 23.5 Å². The standard InChI is InChI=1S/C16H21ClN4O2/c1-16(2,3)23-15(22)20-14-12(10-19-21-14)9-18-8-11-5-4-6-13(17)7-11/h4-7,10,18H,8-9H2,1-3H3,(H2,19,20,21,22). The Kier molecular flexibility index (Phi) is 5.63. The second kappa shape index (κ2) is 7.48. The van der Waals surface area contributed by atoms with Gasteiger partial charge in [-0.15, -0.1) is 0 Å². The van der Waals surface area contributed by atoms with Crippen molar-refractivity contribution in [3.63, 3.8) is 0 Å². The van der Waals surface area contributed by atoms with Crippen molar-refractivity contribution in [3.8, 4) is 0 Å². The molecule has 0 aliphatic heterocycles. The van der Waals surface area contributed by atoms with Crippen LogP contribution in [-0.2, 0) is 17.8 Å². The van der Waals surface area contributed by atoms with Crippen molar-refractivity contribution in [3.05, 3.63) is 46.6 Å². The average molecular weight is 337 g/mol. The predicted octanol–water partition coefficient (Wildman–Crippen LogP) is 3.70. The van der Waals surface area contributed by atoms with Crippen molar-refractivity contribution < 1.29 is 9.53 Å². The van der Waals surface area contributed by atoms with E-state index in [9.17, 15) is 4.79 Å². The topological polar surface area (TPSA) is 79.0 Å². The molecule has 1 aromatic carbocycles. The van der Waals surface area contributed by atoms with Crippen LogP contribution in [0.15, 0.2) is 30.5 Å². The lowest BCUT2D eigenvalue weighted by molar-refractivity contribution is 0.0635. The molecule has 0 saturated heterocycles. The number of carbonyl (C=O) groups excluding carboxylic acids is 1. The molecule has 1 amide bonds. The quantitative estimate of drug-likeness (QED) is 0.777. The van der Waals surface area contributed by atoms with Crippen molar-refractivity contribution in [2.45, 2.75) is 39.5 Å². The second-order valence-electron chi connectivity index (χ2n) is 6.13. The Balaban J connectivity index is 1.87. The number of aromatic amines is 1. The summed E-state index contributed by atoms with van der Waals surface area (Å²) in [6, 6.07) is 7.65. The second-order valence-corrected chi connectivity index (χ2v) is 6.57. The van der Waals surface area contributed by atoms with Crippen LogP contribution in [0.5, 0.6) is 0 Å². The third-order valence-corrected chi connectivity index (χ3v) is 3.11. The molecule has 0 atom stereocenters. The number of nitrogens with one attached hydrogen (secondary N) is 3. The van der Waals surface area contributed by atoms with Crippen molar-refractivity contribution in [1.82, 2.24) is 15.5 Å². The first-order chi connectivity index (χ1) is 10.8. The number of ether oxygens (including phenoxy) is 1. The average Bonchev–Trinajstić information content (AvgIpc) is 2.84. The molecule has 6 nitrogen and oxygen atoms in total. The van der Waals surface area contributed by atoms with Crippen LogP contribution < -0.4 is 10.6 Å². The van der Waals surface area contributed by atoms with E-state index in [0.717, 1.165) is 11.1 Å². The van der Waals surface area contributed by atoms with Crippen molar-refractivity contribution in [2.24, 2.45) is 0 Å². The summed E-state index contributed by atoms with van der Waals surface area (Å²) in [4.78, 5) is 11.8. The van der Waals surface area contributed by atoms with E-state index in [4.69, 9.17) is 16.3 Å². The third-order valence-electron chi connectivity index (χ3n) is 2.88. The molecule has 0 spiro atoms. The smallest absolute Gasteiger partial charge is 0.413 e. The van der Waals surface area contributed by atoms with Gasteiger partial charge in [0.2, 0.25) is 0 Å². The highest BCUT2D eigenvalue weighted by atomic mass is 35.5. The molecule has 0 radical (unpaired) electrons. The molecular formula is C16H21ClN4O2. The molecule has 7 heteroatoms. The van der Waals surface area contributed by atoms with E-state index >= 15 is 0 Å². The first-order valence-corrected chi connectivity index (χ1v) is 7.69. The summed E-state index contributed by atoms with van der Waals surface area (Å²) < 4.78 is 5.22. The number of nitrogens with zero attached hydrogens (tertiary/aromatic N) is 1. The maximum Gasteiger partial charge on any atom is 0.413 e. The highest BCUT2D eigenvalue weighted by Crippen LogP contribution is 2.14. The molecule has 23 heavy (non-hydrogen) atoms. The van der Waals surface area contributed by atoms with E-state index in [1.165, 1.54) is 0 Å². The number of benzene rings is 1. The molecule has 2 aromatic rings. The molecule has 3 N–H and O–H groups in total. The van der Waals surface area contributed by atoms with Gasteiger partial charge in [-0.3, -0.25) is 10.4 Å². The highest BCUT2D eigenvalue weighted by Gasteiger charge is 2.17. The van der Waals surface area contributed by atoms with Crippen LogP contribution in [-0.4, -0.2) is 21.9 Å². The maximum absolute atomic E-state index is 11.8. The molecule has 1 heterocycles. The van der Waals surface area contributed by atoms with Crippen molar-refractivity contribution in [1.29, 1.82) is 0 Å². The van der Waals surface area contributed by atoms with Gasteiger partial charge in [0.15, 0.2) is 0 Å². The Hall–Kier alpha value is -2.05. The van der Waals surface area contributed by atoms with E-state index < -0.39 is 11.7 Å². The molecular weight excluding hydrogens is 316 g/mol. The molecule has 0 fully saturated rings. The van der Waals surface area contributed by atoms with Crippen LogP contribution in [0, 0.1) is 0 Å². The fraction of sp³-hybridized carbons (Fsp3) is 0.375. The number of aromatic nitrogens is 2. The zero-order valence-electron chi connectivity index (χ0n) is 13.4. The van der Waals surface area contributed by atoms with Crippen LogP contribution in [0.25, 0.3) is 0 Å². The number of carbonyl (C=O) groups is 1. The SMILES string of the molecule is CC(C)(C)OC(=O)Nc1[nH]ncc1CNCc1cccc(Cl)c1. The minimum Gasteiger partial charge on any atom is -0.444 e. The fourth-order valence-electron chi connectivity index (χ4n) is 1.95. The van der Waals surface area contributed by atoms with Crippen LogP contribution >= 0.6 is 11.6 Å². The largest absolute Gasteiger partial charge is 0.444 e. The van der Waals surface area contributed by atoms with E-state index in [-0.39, 0.29) is 0 Å². The minimum atomic E-state index is -0.547. The monoisotopic (exact) mass is 336 g/mol. The molecule has 0 bridgehead atoms. The lowest BCUT2D eigenvalue weighted by Gasteiger charge is -2.19. The number of hydrogen-bond acceptors (Lipinski definition) is 4. The summed E-state index contributed by atoms with van der Waals surface area (Å²) in [7, 11) is 0. The lowest BCUT2D eigenvalue weighted by Crippen LogP contribution is -2.27. The summed E-state index contributed by atoms with van der Waals surface area (Å²) in [5.74, 6) is 0.526. The van der Waals surface area contributed by atoms with E-state index in [0.29, 0.717) is 23.9 Å². The number of anilines is 1. The van der Waals surface area contributed by atoms with Gasteiger partial charge in [0.25, 0.3) is 0 Å². The third kappa shape index (κ3) is 5.92. The molecule has 0 aliphatic rings. The Morgan fingerprint density at radius 2 is 2.13 bits per heavy atom. The molecule has 124 valence electrons. The Bertz CT molecular complexity index is 664. The first kappa shape index (κ1) is 17.3. The van der Waals surface area contributed by atoms with Gasteiger partial charge in [-0.1, -0.05) is 23.7 Å². The molecule has 0 saturated carbocycles. The number of H-pyrrole nitrogens is 1. The molecule has 1 aromatic heterocycles. The van der Waals surface area contributed by atoms with Gasteiger partial charge in [-0.05, 0) is 38.5 Å². The maximum atomic E-state index is 11.8. The number of amides is 1. The zero-order valence-corrected chi connectivity index (χ0v) is 14.2. The van der Waals surface area contributed by atoms with E-state index in [2.05, 4.69) is 20.8 Å². The zero-order chi connectivity index (χ0) is 16.9. The van der Waals surface area contributed by atoms with Gasteiger partial charge >= 0.3 is 6.09 Å². The van der Waals surface area contributed by atoms with Gasteiger partial charge < -0.3 is 10.1 Å². The van der Waals surface area contributed by atoms with E-state index in [1.807, 2.05) is 45.0 Å². The Morgan fingerprint density at radius 3 is 2.83 bits per heavy atom.